The SMILES string of the molecule is CC(C)COC[C@H](CC(C)C)NC(=O)[C@H]1O[C@@H]1C(=O)O.[H-].[Li+]. The first-order chi connectivity index (χ1) is 9.31. The van der Waals surface area contributed by atoms with E-state index in [1.54, 1.807) is 0 Å². The van der Waals surface area contributed by atoms with Crippen LogP contribution in [0.2, 0.25) is 0 Å². The molecule has 7 heteroatoms. The van der Waals surface area contributed by atoms with E-state index < -0.39 is 18.2 Å². The molecule has 1 aliphatic heterocycles. The second-order valence-electron chi connectivity index (χ2n) is 6.08. The Hall–Kier alpha value is -0.543. The van der Waals surface area contributed by atoms with Crippen LogP contribution in [0.5, 0.6) is 0 Å². The number of carboxylic acids is 1. The van der Waals surface area contributed by atoms with E-state index >= 15 is 0 Å². The summed E-state index contributed by atoms with van der Waals surface area (Å²) >= 11 is 0. The average Bonchev–Trinajstić information content (AvgIpc) is 3.06. The summed E-state index contributed by atoms with van der Waals surface area (Å²) in [5, 5.41) is 11.5. The van der Waals surface area contributed by atoms with Crippen LogP contribution in [-0.2, 0) is 19.1 Å². The monoisotopic (exact) mass is 295 g/mol. The maximum absolute atomic E-state index is 11.9. The number of nitrogens with one attached hydrogen (secondary N) is 1. The number of ether oxygens (including phenoxy) is 2. The second-order valence-corrected chi connectivity index (χ2v) is 6.08. The van der Waals surface area contributed by atoms with Gasteiger partial charge in [0.2, 0.25) is 0 Å². The van der Waals surface area contributed by atoms with Gasteiger partial charge < -0.3 is 21.3 Å². The number of carbonyl (C=O) groups is 2. The molecule has 0 saturated carbocycles. The Morgan fingerprint density at radius 3 is 2.24 bits per heavy atom. The van der Waals surface area contributed by atoms with Crippen molar-refractivity contribution in [3.8, 4) is 0 Å². The van der Waals surface area contributed by atoms with E-state index in [4.69, 9.17) is 14.6 Å². The Balaban J connectivity index is 0. The van der Waals surface area contributed by atoms with Crippen molar-refractivity contribution >= 4 is 11.9 Å². The molecule has 1 saturated heterocycles. The molecule has 6 nitrogen and oxygen atoms in total. The topological polar surface area (TPSA) is 88.2 Å². The van der Waals surface area contributed by atoms with Crippen LogP contribution in [0.3, 0.4) is 0 Å². The fourth-order valence-electron chi connectivity index (χ4n) is 1.97. The van der Waals surface area contributed by atoms with E-state index in [-0.39, 0.29) is 32.2 Å². The molecular weight excluding hydrogens is 269 g/mol. The zero-order valence-electron chi connectivity index (χ0n) is 14.6. The summed E-state index contributed by atoms with van der Waals surface area (Å²) in [5.74, 6) is -0.607. The number of hydrogen-bond donors (Lipinski definition) is 2. The molecule has 1 aliphatic rings. The molecule has 21 heavy (non-hydrogen) atoms. The minimum absolute atomic E-state index is 0. The number of carboxylic acid groups (broad SMARTS) is 1. The van der Waals surface area contributed by atoms with E-state index in [0.29, 0.717) is 25.0 Å². The van der Waals surface area contributed by atoms with Crippen LogP contribution in [0, 0.1) is 11.8 Å². The van der Waals surface area contributed by atoms with Crippen molar-refractivity contribution in [3.05, 3.63) is 0 Å². The minimum atomic E-state index is -1.10. The Morgan fingerprint density at radius 1 is 1.19 bits per heavy atom. The van der Waals surface area contributed by atoms with Gasteiger partial charge in [0, 0.05) is 6.61 Å². The first-order valence-corrected chi connectivity index (χ1v) is 7.07. The summed E-state index contributed by atoms with van der Waals surface area (Å²) in [5.41, 5.74) is 0. The molecule has 3 atom stereocenters. The van der Waals surface area contributed by atoms with E-state index in [0.717, 1.165) is 6.42 Å². The second kappa shape index (κ2) is 9.47. The molecule has 0 aromatic rings. The molecule has 118 valence electrons. The number of carbonyl (C=O) groups excluding carboxylic acids is 1. The molecule has 0 aromatic heterocycles. The van der Waals surface area contributed by atoms with Crippen molar-refractivity contribution in [1.29, 1.82) is 0 Å². The van der Waals surface area contributed by atoms with Gasteiger partial charge in [-0.05, 0) is 18.3 Å². The summed E-state index contributed by atoms with van der Waals surface area (Å²) in [6.07, 6.45) is -1.06. The normalized spacial score (nSPS) is 21.8. The summed E-state index contributed by atoms with van der Waals surface area (Å²) in [6, 6.07) is -0.111. The molecule has 0 spiro atoms. The van der Waals surface area contributed by atoms with Crippen molar-refractivity contribution < 1.29 is 44.5 Å². The third-order valence-electron chi connectivity index (χ3n) is 2.87. The Labute approximate surface area is 139 Å². The van der Waals surface area contributed by atoms with Crippen LogP contribution in [0.1, 0.15) is 35.5 Å². The predicted molar refractivity (Wildman–Crippen MR) is 74.5 cm³/mol. The quantitative estimate of drug-likeness (QED) is 0.385. The van der Waals surface area contributed by atoms with Crippen LogP contribution < -0.4 is 24.2 Å². The van der Waals surface area contributed by atoms with Gasteiger partial charge in [-0.2, -0.15) is 0 Å². The minimum Gasteiger partial charge on any atom is -1.00 e. The van der Waals surface area contributed by atoms with Gasteiger partial charge in [-0.3, -0.25) is 4.79 Å². The molecule has 1 heterocycles. The average molecular weight is 295 g/mol. The Morgan fingerprint density at radius 2 is 1.81 bits per heavy atom. The maximum Gasteiger partial charge on any atom is 1.00 e. The standard InChI is InChI=1S/C14H25NO5.Li.H/c1-8(2)5-10(7-19-6-9(3)4)15-13(16)11-12(20-11)14(17)18;;/h8-12H,5-7H2,1-4H3,(H,15,16)(H,17,18);;/q;+1;-1/t10-,11-,12-;;/m0../s1. The van der Waals surface area contributed by atoms with Gasteiger partial charge in [0.25, 0.3) is 5.91 Å². The largest absolute Gasteiger partial charge is 1.00 e. The van der Waals surface area contributed by atoms with E-state index in [1.165, 1.54) is 0 Å². The van der Waals surface area contributed by atoms with Crippen molar-refractivity contribution in [1.82, 2.24) is 5.32 Å². The molecule has 0 unspecified atom stereocenters. The van der Waals surface area contributed by atoms with E-state index in [9.17, 15) is 9.59 Å². The first-order valence-electron chi connectivity index (χ1n) is 7.07. The molecule has 0 aromatic carbocycles. The number of hydrogen-bond acceptors (Lipinski definition) is 4. The molecule has 0 bridgehead atoms. The summed E-state index contributed by atoms with van der Waals surface area (Å²) in [7, 11) is 0. The third-order valence-corrected chi connectivity index (χ3v) is 2.87. The smallest absolute Gasteiger partial charge is 1.00 e. The van der Waals surface area contributed by atoms with E-state index in [2.05, 4.69) is 33.0 Å². The number of aliphatic carboxylic acids is 1. The van der Waals surface area contributed by atoms with Gasteiger partial charge in [0.1, 0.15) is 0 Å². The molecule has 1 fully saturated rings. The van der Waals surface area contributed by atoms with Gasteiger partial charge in [0.05, 0.1) is 12.6 Å². The van der Waals surface area contributed by atoms with Gasteiger partial charge >= 0.3 is 24.8 Å². The molecule has 0 radical (unpaired) electrons. The fraction of sp³-hybridized carbons (Fsp3) is 0.857. The van der Waals surface area contributed by atoms with Crippen LogP contribution in [0.4, 0.5) is 0 Å². The molecule has 1 amide bonds. The Bertz CT molecular complexity index is 354. The van der Waals surface area contributed by atoms with Crippen molar-refractivity contribution in [2.45, 2.75) is 52.4 Å². The fourth-order valence-corrected chi connectivity index (χ4v) is 1.97. The number of amides is 1. The summed E-state index contributed by atoms with van der Waals surface area (Å²) < 4.78 is 10.4. The molecule has 2 N–H and O–H groups in total. The van der Waals surface area contributed by atoms with Gasteiger partial charge in [-0.15, -0.1) is 0 Å². The zero-order chi connectivity index (χ0) is 15.3. The maximum atomic E-state index is 11.9. The number of rotatable bonds is 9. The summed E-state index contributed by atoms with van der Waals surface area (Å²) in [6.45, 7) is 9.33. The van der Waals surface area contributed by atoms with Crippen LogP contribution in [-0.4, -0.2) is 48.4 Å². The van der Waals surface area contributed by atoms with E-state index in [1.807, 2.05) is 0 Å². The van der Waals surface area contributed by atoms with Gasteiger partial charge in [-0.1, -0.05) is 27.7 Å². The Kier molecular flexibility index (Phi) is 9.22. The predicted octanol–water partition coefficient (Wildman–Crippen LogP) is -1.84. The van der Waals surface area contributed by atoms with Crippen molar-refractivity contribution in [2.75, 3.05) is 13.2 Å². The summed E-state index contributed by atoms with van der Waals surface area (Å²) in [4.78, 5) is 22.5. The number of epoxide rings is 1. The zero-order valence-corrected chi connectivity index (χ0v) is 13.6. The third kappa shape index (κ3) is 7.87. The van der Waals surface area contributed by atoms with Gasteiger partial charge in [0.15, 0.2) is 12.2 Å². The van der Waals surface area contributed by atoms with Crippen LogP contribution in [0.15, 0.2) is 0 Å². The van der Waals surface area contributed by atoms with Crippen LogP contribution in [0.25, 0.3) is 0 Å². The molecule has 1 rings (SSSR count). The molecular formula is C14H26LiNO5. The van der Waals surface area contributed by atoms with Crippen LogP contribution >= 0.6 is 0 Å². The van der Waals surface area contributed by atoms with Crippen molar-refractivity contribution in [2.24, 2.45) is 11.8 Å². The van der Waals surface area contributed by atoms with Gasteiger partial charge in [-0.25, -0.2) is 4.79 Å². The van der Waals surface area contributed by atoms with Crippen molar-refractivity contribution in [3.63, 3.8) is 0 Å². The first kappa shape index (κ1) is 20.5. The molecule has 0 aliphatic carbocycles.